The number of carbonyl (C=O) groups is 1. The fourth-order valence-electron chi connectivity index (χ4n) is 3.10. The summed E-state index contributed by atoms with van der Waals surface area (Å²) in [5.74, 6) is 0.201. The van der Waals surface area contributed by atoms with Crippen molar-refractivity contribution >= 4 is 30.7 Å². The minimum absolute atomic E-state index is 0. The second-order valence-electron chi connectivity index (χ2n) is 5.75. The molecule has 0 aromatic carbocycles. The normalized spacial score (nSPS) is 33.1. The monoisotopic (exact) mass is 295 g/mol. The first-order chi connectivity index (χ1) is 7.60. The maximum atomic E-state index is 12.3. The van der Waals surface area contributed by atoms with Gasteiger partial charge in [0.2, 0.25) is 5.91 Å². The van der Waals surface area contributed by atoms with Crippen LogP contribution in [0.2, 0.25) is 0 Å². The average Bonchev–Trinajstić information content (AvgIpc) is 2.85. The molecular formula is C12H23Cl2N3O. The van der Waals surface area contributed by atoms with E-state index in [1.54, 1.807) is 0 Å². The predicted octanol–water partition coefficient (Wildman–Crippen LogP) is 1.02. The van der Waals surface area contributed by atoms with Gasteiger partial charge in [0.05, 0.1) is 5.54 Å². The number of rotatable bonds is 1. The van der Waals surface area contributed by atoms with Gasteiger partial charge in [-0.3, -0.25) is 9.69 Å². The Morgan fingerprint density at radius 3 is 2.56 bits per heavy atom. The third-order valence-electron chi connectivity index (χ3n) is 4.41. The summed E-state index contributed by atoms with van der Waals surface area (Å²) >= 11 is 0. The van der Waals surface area contributed by atoms with E-state index in [9.17, 15) is 4.79 Å². The molecule has 0 bridgehead atoms. The largest absolute Gasteiger partial charge is 0.336 e. The van der Waals surface area contributed by atoms with E-state index < -0.39 is 5.54 Å². The van der Waals surface area contributed by atoms with Crippen molar-refractivity contribution in [2.24, 2.45) is 5.73 Å². The van der Waals surface area contributed by atoms with E-state index in [1.807, 2.05) is 4.90 Å². The minimum Gasteiger partial charge on any atom is -0.336 e. The Kier molecular flexibility index (Phi) is 4.93. The summed E-state index contributed by atoms with van der Waals surface area (Å²) in [6, 6.07) is 0.936. The molecular weight excluding hydrogens is 273 g/mol. The van der Waals surface area contributed by atoms with Crippen LogP contribution in [0.1, 0.15) is 32.6 Å². The van der Waals surface area contributed by atoms with E-state index >= 15 is 0 Å². The maximum Gasteiger partial charge on any atom is 0.242 e. The molecule has 0 aromatic rings. The number of carbonyl (C=O) groups excluding carboxylic acids is 1. The number of halogens is 2. The SMILES string of the molecule is CC1CN2CCCC2CN1C(=O)C1(N)CC1.Cl.Cl. The summed E-state index contributed by atoms with van der Waals surface area (Å²) in [5.41, 5.74) is 5.52. The average molecular weight is 296 g/mol. The molecule has 2 N–H and O–H groups in total. The molecule has 2 saturated heterocycles. The van der Waals surface area contributed by atoms with Crippen LogP contribution in [-0.2, 0) is 4.79 Å². The second-order valence-corrected chi connectivity index (χ2v) is 5.75. The van der Waals surface area contributed by atoms with Crippen molar-refractivity contribution < 1.29 is 4.79 Å². The Morgan fingerprint density at radius 2 is 1.94 bits per heavy atom. The molecule has 3 fully saturated rings. The molecule has 0 radical (unpaired) electrons. The van der Waals surface area contributed by atoms with E-state index in [1.165, 1.54) is 19.4 Å². The molecule has 1 saturated carbocycles. The third-order valence-corrected chi connectivity index (χ3v) is 4.41. The van der Waals surface area contributed by atoms with Gasteiger partial charge in [-0.2, -0.15) is 0 Å². The summed E-state index contributed by atoms with van der Waals surface area (Å²) in [6.07, 6.45) is 4.29. The molecule has 0 spiro atoms. The van der Waals surface area contributed by atoms with Crippen molar-refractivity contribution in [3.63, 3.8) is 0 Å². The zero-order valence-electron chi connectivity index (χ0n) is 10.8. The molecule has 2 aliphatic heterocycles. The van der Waals surface area contributed by atoms with E-state index in [0.717, 1.165) is 25.9 Å². The molecule has 0 aromatic heterocycles. The number of piperazine rings is 1. The van der Waals surface area contributed by atoms with Crippen molar-refractivity contribution in [2.75, 3.05) is 19.6 Å². The lowest BCUT2D eigenvalue weighted by Crippen LogP contribution is -2.60. The lowest BCUT2D eigenvalue weighted by Gasteiger charge is -2.43. The van der Waals surface area contributed by atoms with Gasteiger partial charge in [0.15, 0.2) is 0 Å². The maximum absolute atomic E-state index is 12.3. The Morgan fingerprint density at radius 1 is 1.28 bits per heavy atom. The molecule has 2 heterocycles. The van der Waals surface area contributed by atoms with Gasteiger partial charge in [0.1, 0.15) is 0 Å². The van der Waals surface area contributed by atoms with Crippen LogP contribution >= 0.6 is 24.8 Å². The molecule has 6 heteroatoms. The summed E-state index contributed by atoms with van der Waals surface area (Å²) in [4.78, 5) is 16.8. The zero-order chi connectivity index (χ0) is 11.3. The molecule has 106 valence electrons. The van der Waals surface area contributed by atoms with Gasteiger partial charge >= 0.3 is 0 Å². The molecule has 2 unspecified atom stereocenters. The van der Waals surface area contributed by atoms with Crippen LogP contribution in [0.4, 0.5) is 0 Å². The Hall–Kier alpha value is -0.0300. The van der Waals surface area contributed by atoms with Gasteiger partial charge in [-0.15, -0.1) is 24.8 Å². The van der Waals surface area contributed by atoms with Crippen molar-refractivity contribution in [3.8, 4) is 0 Å². The lowest BCUT2D eigenvalue weighted by molar-refractivity contribution is -0.139. The van der Waals surface area contributed by atoms with Gasteiger partial charge in [0.25, 0.3) is 0 Å². The van der Waals surface area contributed by atoms with Crippen molar-refractivity contribution in [3.05, 3.63) is 0 Å². The van der Waals surface area contributed by atoms with Crippen LogP contribution in [0.25, 0.3) is 0 Å². The number of amides is 1. The summed E-state index contributed by atoms with van der Waals surface area (Å²) in [6.45, 7) is 5.30. The number of hydrogen-bond donors (Lipinski definition) is 1. The summed E-state index contributed by atoms with van der Waals surface area (Å²) < 4.78 is 0. The molecule has 1 amide bonds. The molecule has 3 rings (SSSR count). The molecule has 3 aliphatic rings. The highest BCUT2D eigenvalue weighted by atomic mass is 35.5. The molecule has 18 heavy (non-hydrogen) atoms. The number of hydrogen-bond acceptors (Lipinski definition) is 3. The number of nitrogens with two attached hydrogens (primary N) is 1. The third kappa shape index (κ3) is 2.62. The first-order valence-corrected chi connectivity index (χ1v) is 6.44. The van der Waals surface area contributed by atoms with Crippen LogP contribution in [0.15, 0.2) is 0 Å². The van der Waals surface area contributed by atoms with Gasteiger partial charge in [-0.1, -0.05) is 0 Å². The topological polar surface area (TPSA) is 49.6 Å². The fourth-order valence-corrected chi connectivity index (χ4v) is 3.10. The lowest BCUT2D eigenvalue weighted by atomic mass is 10.1. The highest BCUT2D eigenvalue weighted by Gasteiger charge is 2.50. The highest BCUT2D eigenvalue weighted by Crippen LogP contribution is 2.36. The predicted molar refractivity (Wildman–Crippen MR) is 76.4 cm³/mol. The van der Waals surface area contributed by atoms with Crippen LogP contribution in [0, 0.1) is 0 Å². The highest BCUT2D eigenvalue weighted by molar-refractivity contribution is 5.89. The van der Waals surface area contributed by atoms with Crippen molar-refractivity contribution in [1.82, 2.24) is 9.80 Å². The zero-order valence-corrected chi connectivity index (χ0v) is 12.4. The first kappa shape index (κ1) is 16.0. The van der Waals surface area contributed by atoms with E-state index in [2.05, 4.69) is 11.8 Å². The Labute approximate surface area is 121 Å². The van der Waals surface area contributed by atoms with E-state index in [4.69, 9.17) is 5.73 Å². The standard InChI is InChI=1S/C12H21N3O.2ClH/c1-9-7-14-6-2-3-10(14)8-15(9)11(16)12(13)4-5-12;;/h9-10H,2-8,13H2,1H3;2*1H. The summed E-state index contributed by atoms with van der Waals surface area (Å²) in [5, 5.41) is 0. The Bertz CT molecular complexity index is 322. The van der Waals surface area contributed by atoms with Gasteiger partial charge in [-0.25, -0.2) is 0 Å². The molecule has 2 atom stereocenters. The van der Waals surface area contributed by atoms with E-state index in [0.29, 0.717) is 12.1 Å². The number of nitrogens with zero attached hydrogens (tertiary/aromatic N) is 2. The summed E-state index contributed by atoms with van der Waals surface area (Å²) in [7, 11) is 0. The smallest absolute Gasteiger partial charge is 0.242 e. The molecule has 1 aliphatic carbocycles. The fraction of sp³-hybridized carbons (Fsp3) is 0.917. The van der Waals surface area contributed by atoms with Gasteiger partial charge in [0, 0.05) is 25.2 Å². The van der Waals surface area contributed by atoms with Gasteiger partial charge in [-0.05, 0) is 39.2 Å². The molecule has 4 nitrogen and oxygen atoms in total. The number of fused-ring (bicyclic) bond motifs is 1. The van der Waals surface area contributed by atoms with Crippen LogP contribution in [0.5, 0.6) is 0 Å². The van der Waals surface area contributed by atoms with Gasteiger partial charge < -0.3 is 10.6 Å². The van der Waals surface area contributed by atoms with E-state index in [-0.39, 0.29) is 30.7 Å². The second kappa shape index (κ2) is 5.53. The Balaban J connectivity index is 0.000000810. The minimum atomic E-state index is -0.491. The van der Waals surface area contributed by atoms with Crippen LogP contribution < -0.4 is 5.73 Å². The quantitative estimate of drug-likeness (QED) is 0.786. The van der Waals surface area contributed by atoms with Crippen LogP contribution in [-0.4, -0.2) is 53.0 Å². The van der Waals surface area contributed by atoms with Crippen molar-refractivity contribution in [1.29, 1.82) is 0 Å². The first-order valence-electron chi connectivity index (χ1n) is 6.44. The van der Waals surface area contributed by atoms with Crippen molar-refractivity contribution in [2.45, 2.75) is 50.2 Å². The van der Waals surface area contributed by atoms with Crippen LogP contribution in [0.3, 0.4) is 0 Å².